The summed E-state index contributed by atoms with van der Waals surface area (Å²) >= 11 is 1.74. The summed E-state index contributed by atoms with van der Waals surface area (Å²) in [6.45, 7) is 3.58. The fourth-order valence-electron chi connectivity index (χ4n) is 4.53. The second kappa shape index (κ2) is 12.2. The summed E-state index contributed by atoms with van der Waals surface area (Å²) in [6, 6.07) is 30.4. The molecule has 5 rings (SSSR count). The van der Waals surface area contributed by atoms with Crippen molar-refractivity contribution in [3.63, 3.8) is 0 Å². The van der Waals surface area contributed by atoms with Gasteiger partial charge in [-0.3, -0.25) is 0 Å². The molecule has 0 bridgehead atoms. The van der Waals surface area contributed by atoms with Crippen molar-refractivity contribution < 1.29 is 23.7 Å². The molecule has 0 aromatic heterocycles. The highest BCUT2D eigenvalue weighted by molar-refractivity contribution is 7.99. The first-order chi connectivity index (χ1) is 17.3. The fraction of sp³-hybridized carbons (Fsp3) is 0.379. The summed E-state index contributed by atoms with van der Waals surface area (Å²) in [5, 5.41) is 0. The first kappa shape index (κ1) is 24.5. The maximum atomic E-state index is 6.57. The zero-order chi connectivity index (χ0) is 23.9. The third kappa shape index (κ3) is 6.15. The minimum Gasteiger partial charge on any atom is -0.374 e. The number of rotatable bonds is 10. The van der Waals surface area contributed by atoms with E-state index in [9.17, 15) is 0 Å². The Morgan fingerprint density at radius 3 is 1.97 bits per heavy atom. The van der Waals surface area contributed by atoms with Crippen molar-refractivity contribution in [3.8, 4) is 0 Å². The Labute approximate surface area is 211 Å². The van der Waals surface area contributed by atoms with Gasteiger partial charge in [0.05, 0.1) is 19.8 Å². The molecule has 0 radical (unpaired) electrons. The van der Waals surface area contributed by atoms with Crippen molar-refractivity contribution in [3.05, 3.63) is 108 Å². The summed E-state index contributed by atoms with van der Waals surface area (Å²) in [5.74, 6) is 0.911. The van der Waals surface area contributed by atoms with Crippen LogP contribution in [0.25, 0.3) is 0 Å². The number of ether oxygens (including phenoxy) is 5. The topological polar surface area (TPSA) is 46.2 Å². The van der Waals surface area contributed by atoms with Crippen LogP contribution < -0.4 is 0 Å². The molecule has 0 aliphatic carbocycles. The van der Waals surface area contributed by atoms with E-state index in [1.165, 1.54) is 0 Å². The van der Waals surface area contributed by atoms with E-state index in [2.05, 4.69) is 31.2 Å². The fourth-order valence-corrected chi connectivity index (χ4v) is 5.50. The molecule has 2 heterocycles. The maximum absolute atomic E-state index is 6.57. The van der Waals surface area contributed by atoms with Gasteiger partial charge in [-0.05, 0) is 16.9 Å². The van der Waals surface area contributed by atoms with Gasteiger partial charge in [0, 0.05) is 5.56 Å². The maximum Gasteiger partial charge on any atom is 0.184 e. The van der Waals surface area contributed by atoms with E-state index in [0.717, 1.165) is 22.4 Å². The molecule has 0 spiro atoms. The molecule has 2 aliphatic heterocycles. The number of hydrogen-bond acceptors (Lipinski definition) is 6. The molecule has 2 saturated heterocycles. The quantitative estimate of drug-likeness (QED) is 0.359. The Morgan fingerprint density at radius 1 is 0.714 bits per heavy atom. The molecule has 2 fully saturated rings. The highest BCUT2D eigenvalue weighted by atomic mass is 32.2. The van der Waals surface area contributed by atoms with Crippen LogP contribution in [-0.2, 0) is 36.9 Å². The summed E-state index contributed by atoms with van der Waals surface area (Å²) in [4.78, 5) is 0. The predicted octanol–water partition coefficient (Wildman–Crippen LogP) is 5.75. The van der Waals surface area contributed by atoms with Gasteiger partial charge in [0.1, 0.15) is 29.9 Å². The third-order valence-corrected chi connectivity index (χ3v) is 7.28. The molecule has 5 nitrogen and oxygen atoms in total. The van der Waals surface area contributed by atoms with Crippen LogP contribution >= 0.6 is 11.8 Å². The average molecular weight is 493 g/mol. The van der Waals surface area contributed by atoms with E-state index in [1.807, 2.05) is 66.7 Å². The molecule has 3 aromatic carbocycles. The highest BCUT2D eigenvalue weighted by Gasteiger charge is 2.53. The molecule has 6 heteroatoms. The lowest BCUT2D eigenvalue weighted by Gasteiger charge is -2.41. The van der Waals surface area contributed by atoms with Gasteiger partial charge < -0.3 is 23.7 Å². The van der Waals surface area contributed by atoms with Crippen molar-refractivity contribution in [1.82, 2.24) is 0 Å². The monoisotopic (exact) mass is 492 g/mol. The Bertz CT molecular complexity index is 1020. The van der Waals surface area contributed by atoms with Crippen molar-refractivity contribution in [2.45, 2.75) is 56.3 Å². The van der Waals surface area contributed by atoms with Crippen LogP contribution in [0.1, 0.15) is 29.9 Å². The zero-order valence-electron chi connectivity index (χ0n) is 19.9. The van der Waals surface area contributed by atoms with Gasteiger partial charge in [-0.1, -0.05) is 97.9 Å². The molecule has 0 N–H and O–H groups in total. The van der Waals surface area contributed by atoms with E-state index in [0.29, 0.717) is 19.8 Å². The SMILES string of the molecule is CCS[C@@H]1O[C@H](COCc2ccccc2)[C@@H]2O[C@@H](c3ccccc3)O[C@@H]2[C@H]1OCc1ccccc1. The third-order valence-electron chi connectivity index (χ3n) is 6.23. The van der Waals surface area contributed by atoms with Gasteiger partial charge in [0.25, 0.3) is 0 Å². The van der Waals surface area contributed by atoms with Gasteiger partial charge >= 0.3 is 0 Å². The van der Waals surface area contributed by atoms with Crippen LogP contribution in [0.3, 0.4) is 0 Å². The zero-order valence-corrected chi connectivity index (χ0v) is 20.7. The summed E-state index contributed by atoms with van der Waals surface area (Å²) in [6.07, 6.45) is -1.51. The van der Waals surface area contributed by atoms with E-state index in [4.69, 9.17) is 23.7 Å². The normalized spacial score (nSPS) is 28.0. The largest absolute Gasteiger partial charge is 0.374 e. The summed E-state index contributed by atoms with van der Waals surface area (Å²) in [5.41, 5.74) is 3.08. The van der Waals surface area contributed by atoms with Gasteiger partial charge in [-0.15, -0.1) is 11.8 Å². The standard InChI is InChI=1S/C29H32O5S/c1-2-35-29-27(31-19-22-14-8-4-9-15-22)26-25(33-28(34-26)23-16-10-5-11-17-23)24(32-29)20-30-18-21-12-6-3-7-13-21/h3-17,24-29H,2,18-20H2,1H3/t24-,25+,26+,27-,28-,29+/m1/s1. The first-order valence-electron chi connectivity index (χ1n) is 12.2. The molecule has 2 aliphatic rings. The van der Waals surface area contributed by atoms with Gasteiger partial charge in [0.15, 0.2) is 6.29 Å². The minimum absolute atomic E-state index is 0.173. The second-order valence-corrected chi connectivity index (χ2v) is 10.1. The van der Waals surface area contributed by atoms with E-state index >= 15 is 0 Å². The second-order valence-electron chi connectivity index (χ2n) is 8.70. The number of thioether (sulfide) groups is 1. The summed E-state index contributed by atoms with van der Waals surface area (Å²) in [7, 11) is 0. The Morgan fingerprint density at radius 2 is 1.31 bits per heavy atom. The van der Waals surface area contributed by atoms with Gasteiger partial charge in [-0.25, -0.2) is 0 Å². The van der Waals surface area contributed by atoms with Crippen LogP contribution in [0.2, 0.25) is 0 Å². The predicted molar refractivity (Wildman–Crippen MR) is 137 cm³/mol. The van der Waals surface area contributed by atoms with Crippen molar-refractivity contribution in [1.29, 1.82) is 0 Å². The first-order valence-corrected chi connectivity index (χ1v) is 13.3. The lowest BCUT2D eigenvalue weighted by Crippen LogP contribution is -2.57. The summed E-state index contributed by atoms with van der Waals surface area (Å²) < 4.78 is 32.1. The van der Waals surface area contributed by atoms with Crippen LogP contribution in [0.4, 0.5) is 0 Å². The Balaban J connectivity index is 1.33. The molecule has 0 saturated carbocycles. The molecular weight excluding hydrogens is 460 g/mol. The van der Waals surface area contributed by atoms with Crippen LogP contribution in [0.15, 0.2) is 91.0 Å². The molecule has 0 amide bonds. The van der Waals surface area contributed by atoms with E-state index in [-0.39, 0.29) is 29.9 Å². The van der Waals surface area contributed by atoms with E-state index in [1.54, 1.807) is 11.8 Å². The number of benzene rings is 3. The highest BCUT2D eigenvalue weighted by Crippen LogP contribution is 2.42. The molecule has 35 heavy (non-hydrogen) atoms. The van der Waals surface area contributed by atoms with Gasteiger partial charge in [-0.2, -0.15) is 0 Å². The van der Waals surface area contributed by atoms with Crippen LogP contribution in [0, 0.1) is 0 Å². The van der Waals surface area contributed by atoms with Crippen molar-refractivity contribution in [2.24, 2.45) is 0 Å². The van der Waals surface area contributed by atoms with Crippen molar-refractivity contribution >= 4 is 11.8 Å². The van der Waals surface area contributed by atoms with E-state index < -0.39 is 6.29 Å². The number of hydrogen-bond donors (Lipinski definition) is 0. The molecule has 3 aromatic rings. The smallest absolute Gasteiger partial charge is 0.184 e. The minimum atomic E-state index is -0.459. The molecule has 184 valence electrons. The molecule has 0 unspecified atom stereocenters. The Hall–Kier alpha value is -2.19. The van der Waals surface area contributed by atoms with Crippen molar-refractivity contribution in [2.75, 3.05) is 12.4 Å². The van der Waals surface area contributed by atoms with Crippen LogP contribution in [-0.4, -0.2) is 42.2 Å². The van der Waals surface area contributed by atoms with Crippen LogP contribution in [0.5, 0.6) is 0 Å². The molecular formula is C29H32O5S. The average Bonchev–Trinajstić information content (AvgIpc) is 3.36. The molecule has 6 atom stereocenters. The van der Waals surface area contributed by atoms with Gasteiger partial charge in [0.2, 0.25) is 0 Å². The number of fused-ring (bicyclic) bond motifs is 1. The Kier molecular flexibility index (Phi) is 8.52. The lowest BCUT2D eigenvalue weighted by molar-refractivity contribution is -0.192. The lowest BCUT2D eigenvalue weighted by atomic mass is 10.00.